The van der Waals surface area contributed by atoms with E-state index in [1.807, 2.05) is 0 Å². The molecule has 0 saturated carbocycles. The van der Waals surface area contributed by atoms with Crippen LogP contribution in [0.5, 0.6) is 0 Å². The van der Waals surface area contributed by atoms with Crippen molar-refractivity contribution in [1.29, 1.82) is 0 Å². The van der Waals surface area contributed by atoms with Gasteiger partial charge in [-0.1, -0.05) is 0 Å². The van der Waals surface area contributed by atoms with Crippen LogP contribution in [-0.4, -0.2) is 35.0 Å². The van der Waals surface area contributed by atoms with E-state index in [-0.39, 0.29) is 0 Å². The molecule has 5 heteroatoms. The zero-order valence-electron chi connectivity index (χ0n) is 21.3. The number of methoxy groups -OCH3 is 1. The van der Waals surface area contributed by atoms with Crippen LogP contribution in [0.15, 0.2) is 28.9 Å². The fourth-order valence-electron chi connectivity index (χ4n) is 4.77. The van der Waals surface area contributed by atoms with Crippen LogP contribution < -0.4 is 3.71 Å². The molecule has 0 aliphatic rings. The number of halogens is 1. The number of aromatic nitrogens is 2. The summed E-state index contributed by atoms with van der Waals surface area (Å²) in [4.78, 5) is 5.45. The van der Waals surface area contributed by atoms with Gasteiger partial charge in [-0.2, -0.15) is 0 Å². The summed E-state index contributed by atoms with van der Waals surface area (Å²) in [5, 5.41) is 0. The number of ether oxygens (including phenoxy) is 1. The Morgan fingerprint density at radius 3 is 1.91 bits per heavy atom. The molecule has 0 unspecified atom stereocenters. The first-order chi connectivity index (χ1) is 15.4. The van der Waals surface area contributed by atoms with Crippen LogP contribution in [0.2, 0.25) is 13.3 Å². The molecule has 32 heavy (non-hydrogen) atoms. The average molecular weight is 612 g/mol. The molecule has 0 aliphatic heterocycles. The van der Waals surface area contributed by atoms with Gasteiger partial charge < -0.3 is 0 Å². The van der Waals surface area contributed by atoms with Gasteiger partial charge in [-0.25, -0.2) is 0 Å². The van der Waals surface area contributed by atoms with Crippen molar-refractivity contribution in [2.45, 2.75) is 99.6 Å². The molecule has 0 bridgehead atoms. The van der Waals surface area contributed by atoms with Gasteiger partial charge in [-0.3, -0.25) is 0 Å². The number of imidazole rings is 1. The normalized spacial score (nSPS) is 12.1. The first kappa shape index (κ1) is 27.9. The van der Waals surface area contributed by atoms with Gasteiger partial charge in [0.25, 0.3) is 0 Å². The van der Waals surface area contributed by atoms with Crippen LogP contribution in [0.4, 0.5) is 0 Å². The molecule has 0 N–H and O–H groups in total. The summed E-state index contributed by atoms with van der Waals surface area (Å²) in [6.07, 6.45) is 8.96. The molecular weight excluding hydrogens is 567 g/mol. The molecule has 0 atom stereocenters. The number of hydrogen-bond donors (Lipinski definition) is 0. The van der Waals surface area contributed by atoms with Crippen molar-refractivity contribution in [1.82, 2.24) is 9.55 Å². The molecule has 180 valence electrons. The van der Waals surface area contributed by atoms with Crippen molar-refractivity contribution in [2.75, 3.05) is 7.11 Å². The second kappa shape index (κ2) is 14.2. The molecule has 2 aromatic rings. The van der Waals surface area contributed by atoms with E-state index in [0.717, 1.165) is 12.2 Å². The summed E-state index contributed by atoms with van der Waals surface area (Å²) in [5.74, 6) is 1.73. The molecule has 1 aromatic carbocycles. The molecule has 0 radical (unpaired) electrons. The summed E-state index contributed by atoms with van der Waals surface area (Å²) < 4.78 is 14.8. The second-order valence-corrected chi connectivity index (χ2v) is 23.5. The van der Waals surface area contributed by atoms with E-state index < -0.39 is 18.4 Å². The van der Waals surface area contributed by atoms with Crippen molar-refractivity contribution in [3.05, 3.63) is 34.4 Å². The average Bonchev–Trinajstić information content (AvgIpc) is 3.11. The van der Waals surface area contributed by atoms with Crippen LogP contribution >= 0.6 is 15.9 Å². The maximum atomic E-state index is 5.63. The minimum absolute atomic E-state index is 0.536. The summed E-state index contributed by atoms with van der Waals surface area (Å²) in [6, 6.07) is 9.06. The first-order valence-electron chi connectivity index (χ1n) is 12.8. The van der Waals surface area contributed by atoms with E-state index in [1.165, 1.54) is 71.3 Å². The van der Waals surface area contributed by atoms with Crippen molar-refractivity contribution in [2.24, 2.45) is 5.92 Å². The first-order valence-corrected chi connectivity index (χ1v) is 21.0. The Balaban J connectivity index is 2.57. The zero-order valence-corrected chi connectivity index (χ0v) is 25.8. The molecule has 0 saturated heterocycles. The third kappa shape index (κ3) is 7.33. The fraction of sp³-hybridized carbons (Fsp3) is 0.667. The van der Waals surface area contributed by atoms with Gasteiger partial charge in [0.2, 0.25) is 0 Å². The number of rotatable bonds is 15. The SMILES string of the molecule is CCC[CH2][Sn]([CH2]CCC)([CH2]CCC)[c]1nc(-c2ccc(CC(C)C)cc2)n(COC)c1Br. The van der Waals surface area contributed by atoms with Crippen LogP contribution in [0.1, 0.15) is 78.7 Å². The summed E-state index contributed by atoms with van der Waals surface area (Å²) in [6.45, 7) is 12.1. The van der Waals surface area contributed by atoms with Crippen molar-refractivity contribution in [3.63, 3.8) is 0 Å². The van der Waals surface area contributed by atoms with Crippen molar-refractivity contribution >= 4 is 38.0 Å². The van der Waals surface area contributed by atoms with Crippen LogP contribution in [0.25, 0.3) is 11.4 Å². The summed E-state index contributed by atoms with van der Waals surface area (Å²) in [5.41, 5.74) is 2.60. The van der Waals surface area contributed by atoms with E-state index in [0.29, 0.717) is 12.6 Å². The van der Waals surface area contributed by atoms with Gasteiger partial charge in [0, 0.05) is 0 Å². The quantitative estimate of drug-likeness (QED) is 0.190. The predicted molar refractivity (Wildman–Crippen MR) is 145 cm³/mol. The topological polar surface area (TPSA) is 27.1 Å². The van der Waals surface area contributed by atoms with Crippen LogP contribution in [-0.2, 0) is 17.9 Å². The molecular formula is C27H45BrN2OSn. The van der Waals surface area contributed by atoms with Gasteiger partial charge >= 0.3 is 211 Å². The van der Waals surface area contributed by atoms with E-state index in [1.54, 1.807) is 7.11 Å². The summed E-state index contributed by atoms with van der Waals surface area (Å²) >= 11 is 1.37. The van der Waals surface area contributed by atoms with E-state index in [2.05, 4.69) is 79.4 Å². The van der Waals surface area contributed by atoms with E-state index in [4.69, 9.17) is 9.72 Å². The van der Waals surface area contributed by atoms with Crippen LogP contribution in [0.3, 0.4) is 0 Å². The molecule has 0 amide bonds. The Labute approximate surface area is 209 Å². The van der Waals surface area contributed by atoms with Gasteiger partial charge in [0.15, 0.2) is 0 Å². The number of hydrogen-bond acceptors (Lipinski definition) is 2. The molecule has 0 spiro atoms. The number of nitrogens with zero attached hydrogens (tertiary/aromatic N) is 2. The molecule has 2 rings (SSSR count). The number of unbranched alkanes of at least 4 members (excludes halogenated alkanes) is 3. The molecule has 0 aliphatic carbocycles. The third-order valence-corrected chi connectivity index (χ3v) is 23.5. The molecule has 1 aromatic heterocycles. The molecule has 1 heterocycles. The van der Waals surface area contributed by atoms with E-state index >= 15 is 0 Å². The van der Waals surface area contributed by atoms with Crippen molar-refractivity contribution in [3.8, 4) is 11.4 Å². The third-order valence-electron chi connectivity index (χ3n) is 6.55. The number of benzene rings is 1. The molecule has 0 fully saturated rings. The van der Waals surface area contributed by atoms with Gasteiger partial charge in [-0.05, 0) is 0 Å². The zero-order chi connectivity index (χ0) is 23.6. The summed E-state index contributed by atoms with van der Waals surface area (Å²) in [7, 11) is 1.78. The molecule has 3 nitrogen and oxygen atoms in total. The Bertz CT molecular complexity index is 779. The Hall–Kier alpha value is -0.331. The van der Waals surface area contributed by atoms with Crippen molar-refractivity contribution < 1.29 is 4.74 Å². The standard InChI is InChI=1S/C15H18BrN2O.3C4H9.Sn/c1-11(2)8-12-4-6-13(7-5-12)15-17-9-14(16)18(15)10-19-3;3*1-3-4-2;/h4-7,11H,8,10H2,1-3H3;3*1,3-4H2,2H3;. The van der Waals surface area contributed by atoms with E-state index in [9.17, 15) is 0 Å². The maximum absolute atomic E-state index is 5.63. The second-order valence-electron chi connectivity index (χ2n) is 9.81. The van der Waals surface area contributed by atoms with Gasteiger partial charge in [0.1, 0.15) is 0 Å². The Morgan fingerprint density at radius 1 is 0.938 bits per heavy atom. The van der Waals surface area contributed by atoms with Gasteiger partial charge in [0.05, 0.1) is 0 Å². The Morgan fingerprint density at radius 2 is 1.47 bits per heavy atom. The monoisotopic (exact) mass is 612 g/mol. The van der Waals surface area contributed by atoms with Gasteiger partial charge in [-0.15, -0.1) is 0 Å². The fourth-order valence-corrected chi connectivity index (χ4v) is 23.6. The van der Waals surface area contributed by atoms with Crippen LogP contribution in [0, 0.1) is 5.92 Å². The predicted octanol–water partition coefficient (Wildman–Crippen LogP) is 8.17. The minimum atomic E-state index is -2.67. The Kier molecular flexibility index (Phi) is 12.3.